The molecule has 0 bridgehead atoms. The van der Waals surface area contributed by atoms with E-state index < -0.39 is 17.0 Å². The lowest BCUT2D eigenvalue weighted by molar-refractivity contribution is -0.147. The first kappa shape index (κ1) is 19.7. The number of ether oxygens (including phenoxy) is 2. The number of carbonyl (C=O) groups is 2. The third kappa shape index (κ3) is 3.68. The van der Waals surface area contributed by atoms with E-state index in [2.05, 4.69) is 0 Å². The summed E-state index contributed by atoms with van der Waals surface area (Å²) in [5.74, 6) is -1.41. The minimum atomic E-state index is -0.919. The molecule has 8 heteroatoms. The number of likely N-dealkylation sites (tertiary alicyclic amines) is 2. The van der Waals surface area contributed by atoms with Crippen molar-refractivity contribution in [2.24, 2.45) is 5.41 Å². The summed E-state index contributed by atoms with van der Waals surface area (Å²) in [4.78, 5) is 29.5. The minimum Gasteiger partial charge on any atom is -0.491 e. The van der Waals surface area contributed by atoms with Crippen LogP contribution in [0.25, 0.3) is 0 Å². The first-order chi connectivity index (χ1) is 13.9. The molecule has 2 fully saturated rings. The predicted molar refractivity (Wildman–Crippen MR) is 99.2 cm³/mol. The van der Waals surface area contributed by atoms with E-state index in [1.54, 1.807) is 16.7 Å². The van der Waals surface area contributed by atoms with Crippen LogP contribution >= 0.6 is 0 Å². The van der Waals surface area contributed by atoms with Gasteiger partial charge < -0.3 is 19.3 Å². The molecule has 0 aliphatic carbocycles. The number of nitrogens with zero attached hydrogens (tertiary/aromatic N) is 2. The second-order valence-electron chi connectivity index (χ2n) is 7.92. The van der Waals surface area contributed by atoms with Gasteiger partial charge in [0.15, 0.2) is 11.6 Å². The molecular formula is C21H24F2N2O4. The number of hydrogen-bond donors (Lipinski definition) is 0. The van der Waals surface area contributed by atoms with Crippen LogP contribution in [0.1, 0.15) is 31.7 Å². The maximum absolute atomic E-state index is 13.5. The van der Waals surface area contributed by atoms with Crippen LogP contribution in [0, 0.1) is 17.0 Å². The third-order valence-corrected chi connectivity index (χ3v) is 5.99. The van der Waals surface area contributed by atoms with Crippen molar-refractivity contribution in [1.29, 1.82) is 0 Å². The smallest absolute Gasteiger partial charge is 0.292 e. The van der Waals surface area contributed by atoms with Crippen molar-refractivity contribution in [2.45, 2.75) is 32.7 Å². The van der Waals surface area contributed by atoms with Gasteiger partial charge in [-0.1, -0.05) is 6.07 Å². The highest BCUT2D eigenvalue weighted by Gasteiger charge is 2.50. The normalized spacial score (nSPS) is 24.7. The van der Waals surface area contributed by atoms with Gasteiger partial charge in [-0.2, -0.15) is 0 Å². The van der Waals surface area contributed by atoms with Crippen molar-refractivity contribution in [1.82, 2.24) is 9.80 Å². The molecule has 156 valence electrons. The SMILES string of the molecule is CC1=C(C(=O)N2CC[C@]3(CCCN(Cc4ccc(F)c(F)c4)C3=O)C2)OCCO1. The second kappa shape index (κ2) is 7.65. The predicted octanol–water partition coefficient (Wildman–Crippen LogP) is 2.58. The van der Waals surface area contributed by atoms with E-state index in [1.165, 1.54) is 6.07 Å². The molecule has 2 amide bonds. The number of rotatable bonds is 3. The Labute approximate surface area is 168 Å². The molecule has 0 saturated carbocycles. The quantitative estimate of drug-likeness (QED) is 0.774. The number of allylic oxidation sites excluding steroid dienone is 1. The van der Waals surface area contributed by atoms with Crippen LogP contribution in [0.5, 0.6) is 0 Å². The summed E-state index contributed by atoms with van der Waals surface area (Å²) in [6.45, 7) is 4.06. The molecule has 0 unspecified atom stereocenters. The molecule has 2 saturated heterocycles. The van der Waals surface area contributed by atoms with Crippen LogP contribution in [-0.4, -0.2) is 54.5 Å². The molecule has 1 spiro atoms. The fourth-order valence-corrected chi connectivity index (χ4v) is 4.45. The molecule has 3 aliphatic rings. The summed E-state index contributed by atoms with van der Waals surface area (Å²) < 4.78 is 37.6. The lowest BCUT2D eigenvalue weighted by Crippen LogP contribution is -2.50. The molecule has 29 heavy (non-hydrogen) atoms. The van der Waals surface area contributed by atoms with Gasteiger partial charge in [0.1, 0.15) is 19.0 Å². The van der Waals surface area contributed by atoms with Crippen LogP contribution in [0.4, 0.5) is 8.78 Å². The van der Waals surface area contributed by atoms with E-state index in [9.17, 15) is 18.4 Å². The average Bonchev–Trinajstić information content (AvgIpc) is 3.13. The number of piperidine rings is 1. The van der Waals surface area contributed by atoms with Crippen molar-refractivity contribution < 1.29 is 27.8 Å². The fourth-order valence-electron chi connectivity index (χ4n) is 4.45. The largest absolute Gasteiger partial charge is 0.491 e. The molecule has 0 radical (unpaired) electrons. The molecule has 1 aromatic rings. The third-order valence-electron chi connectivity index (χ3n) is 5.99. The molecule has 0 aromatic heterocycles. The first-order valence-electron chi connectivity index (χ1n) is 9.89. The molecule has 0 N–H and O–H groups in total. The van der Waals surface area contributed by atoms with E-state index in [1.807, 2.05) is 0 Å². The van der Waals surface area contributed by atoms with E-state index in [4.69, 9.17) is 9.47 Å². The lowest BCUT2D eigenvalue weighted by atomic mass is 9.78. The van der Waals surface area contributed by atoms with E-state index in [0.29, 0.717) is 57.0 Å². The molecular weight excluding hydrogens is 382 g/mol. The summed E-state index contributed by atoms with van der Waals surface area (Å²) in [5.41, 5.74) is -0.0787. The van der Waals surface area contributed by atoms with E-state index in [-0.39, 0.29) is 24.1 Å². The Kier molecular flexibility index (Phi) is 5.19. The summed E-state index contributed by atoms with van der Waals surface area (Å²) in [6, 6.07) is 3.70. The molecule has 1 aromatic carbocycles. The topological polar surface area (TPSA) is 59.1 Å². The molecule has 4 rings (SSSR count). The number of benzene rings is 1. The van der Waals surface area contributed by atoms with Gasteiger partial charge in [-0.25, -0.2) is 8.78 Å². The van der Waals surface area contributed by atoms with Crippen LogP contribution in [-0.2, 0) is 25.6 Å². The Bertz CT molecular complexity index is 872. The highest BCUT2D eigenvalue weighted by Crippen LogP contribution is 2.41. The van der Waals surface area contributed by atoms with Crippen LogP contribution < -0.4 is 0 Å². The maximum atomic E-state index is 13.5. The van der Waals surface area contributed by atoms with Gasteiger partial charge in [-0.15, -0.1) is 0 Å². The van der Waals surface area contributed by atoms with Crippen molar-refractivity contribution in [3.8, 4) is 0 Å². The molecule has 1 atom stereocenters. The summed E-state index contributed by atoms with van der Waals surface area (Å²) >= 11 is 0. The zero-order valence-corrected chi connectivity index (χ0v) is 16.4. The van der Waals surface area contributed by atoms with E-state index >= 15 is 0 Å². The zero-order chi connectivity index (χ0) is 20.6. The van der Waals surface area contributed by atoms with Crippen molar-refractivity contribution in [3.05, 3.63) is 46.9 Å². The van der Waals surface area contributed by atoms with Crippen LogP contribution in [0.15, 0.2) is 29.7 Å². The van der Waals surface area contributed by atoms with Gasteiger partial charge in [-0.05, 0) is 43.9 Å². The standard InChI is InChI=1S/C21H24F2N2O4/c1-14-18(29-10-9-28-14)19(26)25-8-6-21(13-25)5-2-7-24(20(21)27)12-15-3-4-16(22)17(23)11-15/h3-4,11H,2,5-10,12-13H2,1H3/t21-/m1/s1. The summed E-state index contributed by atoms with van der Waals surface area (Å²) in [5, 5.41) is 0. The van der Waals surface area contributed by atoms with E-state index in [0.717, 1.165) is 18.6 Å². The van der Waals surface area contributed by atoms with Gasteiger partial charge >= 0.3 is 0 Å². The van der Waals surface area contributed by atoms with Gasteiger partial charge in [0.05, 0.1) is 5.41 Å². The van der Waals surface area contributed by atoms with Gasteiger partial charge in [0, 0.05) is 26.2 Å². The Morgan fingerprint density at radius 1 is 1.14 bits per heavy atom. The van der Waals surface area contributed by atoms with Gasteiger partial charge in [0.2, 0.25) is 11.7 Å². The Hall–Kier alpha value is -2.64. The van der Waals surface area contributed by atoms with Crippen molar-refractivity contribution in [2.75, 3.05) is 32.8 Å². The first-order valence-corrected chi connectivity index (χ1v) is 9.89. The average molecular weight is 406 g/mol. The minimum absolute atomic E-state index is 0.0321. The maximum Gasteiger partial charge on any atom is 0.292 e. The molecule has 6 nitrogen and oxygen atoms in total. The Morgan fingerprint density at radius 3 is 2.69 bits per heavy atom. The second-order valence-corrected chi connectivity index (χ2v) is 7.92. The summed E-state index contributed by atoms with van der Waals surface area (Å²) in [6.07, 6.45) is 2.09. The molecule has 3 aliphatic heterocycles. The summed E-state index contributed by atoms with van der Waals surface area (Å²) in [7, 11) is 0. The highest BCUT2D eigenvalue weighted by molar-refractivity contribution is 5.93. The number of hydrogen-bond acceptors (Lipinski definition) is 4. The molecule has 3 heterocycles. The van der Waals surface area contributed by atoms with Crippen LogP contribution in [0.3, 0.4) is 0 Å². The van der Waals surface area contributed by atoms with Gasteiger partial charge in [0.25, 0.3) is 5.91 Å². The van der Waals surface area contributed by atoms with Crippen molar-refractivity contribution >= 4 is 11.8 Å². The Balaban J connectivity index is 1.47. The van der Waals surface area contributed by atoms with Gasteiger partial charge in [-0.3, -0.25) is 9.59 Å². The van der Waals surface area contributed by atoms with Crippen LogP contribution in [0.2, 0.25) is 0 Å². The zero-order valence-electron chi connectivity index (χ0n) is 16.4. The Morgan fingerprint density at radius 2 is 1.93 bits per heavy atom. The monoisotopic (exact) mass is 406 g/mol. The fraction of sp³-hybridized carbons (Fsp3) is 0.524. The number of carbonyl (C=O) groups excluding carboxylic acids is 2. The number of halogens is 2. The number of amides is 2. The lowest BCUT2D eigenvalue weighted by Gasteiger charge is -2.39. The van der Waals surface area contributed by atoms with Crippen molar-refractivity contribution in [3.63, 3.8) is 0 Å². The highest BCUT2D eigenvalue weighted by atomic mass is 19.2.